The number of benzene rings is 1. The second-order valence-corrected chi connectivity index (χ2v) is 4.43. The van der Waals surface area contributed by atoms with Gasteiger partial charge in [-0.3, -0.25) is 9.78 Å². The van der Waals surface area contributed by atoms with E-state index in [4.69, 9.17) is 5.73 Å². The molecule has 6 heteroatoms. The maximum absolute atomic E-state index is 12.8. The molecule has 0 saturated carbocycles. The summed E-state index contributed by atoms with van der Waals surface area (Å²) in [6, 6.07) is 6.00. The van der Waals surface area contributed by atoms with Gasteiger partial charge in [0.2, 0.25) is 0 Å². The van der Waals surface area contributed by atoms with Crippen LogP contribution in [0.3, 0.4) is 0 Å². The number of alkyl halides is 3. The Labute approximate surface area is 107 Å². The number of hydrogen-bond donors (Lipinski definition) is 1. The average Bonchev–Trinajstić information content (AvgIpc) is 2.36. The molecule has 1 atom stereocenters. The van der Waals surface area contributed by atoms with Gasteiger partial charge < -0.3 is 5.73 Å². The maximum atomic E-state index is 12.8. The van der Waals surface area contributed by atoms with E-state index in [0.717, 1.165) is 0 Å². The Kier molecular flexibility index (Phi) is 3.06. The van der Waals surface area contributed by atoms with Crippen molar-refractivity contribution in [1.29, 1.82) is 0 Å². The highest BCUT2D eigenvalue weighted by Gasteiger charge is 2.54. The van der Waals surface area contributed by atoms with Crippen molar-refractivity contribution < 1.29 is 18.0 Å². The molecule has 0 aliphatic heterocycles. The molecular formula is C13H11F3N2O. The molecule has 0 aliphatic carbocycles. The van der Waals surface area contributed by atoms with Gasteiger partial charge in [0, 0.05) is 23.3 Å². The fraction of sp³-hybridized carbons (Fsp3) is 0.231. The number of aromatic nitrogens is 1. The number of halogens is 3. The number of pyridine rings is 1. The minimum Gasteiger partial charge on any atom is -0.311 e. The van der Waals surface area contributed by atoms with E-state index in [1.165, 1.54) is 30.6 Å². The molecular weight excluding hydrogens is 257 g/mol. The van der Waals surface area contributed by atoms with Crippen molar-refractivity contribution in [3.63, 3.8) is 0 Å². The topological polar surface area (TPSA) is 56.0 Å². The predicted molar refractivity (Wildman–Crippen MR) is 64.7 cm³/mol. The highest BCUT2D eigenvalue weighted by Crippen LogP contribution is 2.32. The molecule has 0 spiro atoms. The molecule has 0 bridgehead atoms. The quantitative estimate of drug-likeness (QED) is 0.852. The SMILES string of the molecule is CC(N)(C(=O)c1cccc2cnccc12)C(F)(F)F. The summed E-state index contributed by atoms with van der Waals surface area (Å²) in [4.78, 5) is 15.9. The summed E-state index contributed by atoms with van der Waals surface area (Å²) in [6.07, 6.45) is -1.91. The van der Waals surface area contributed by atoms with Gasteiger partial charge in [-0.1, -0.05) is 18.2 Å². The van der Waals surface area contributed by atoms with E-state index in [0.29, 0.717) is 17.7 Å². The second kappa shape index (κ2) is 4.31. The van der Waals surface area contributed by atoms with Crippen LogP contribution in [-0.4, -0.2) is 22.5 Å². The first-order valence-corrected chi connectivity index (χ1v) is 5.48. The van der Waals surface area contributed by atoms with Crippen LogP contribution in [-0.2, 0) is 0 Å². The predicted octanol–water partition coefficient (Wildman–Crippen LogP) is 2.70. The Balaban J connectivity index is 2.60. The van der Waals surface area contributed by atoms with Crippen LogP contribution in [0, 0.1) is 0 Å². The van der Waals surface area contributed by atoms with E-state index in [-0.39, 0.29) is 5.56 Å². The molecule has 2 rings (SSSR count). The zero-order valence-electron chi connectivity index (χ0n) is 10.0. The number of nitrogens with two attached hydrogens (primary N) is 1. The molecule has 0 amide bonds. The molecule has 0 aliphatic rings. The Morgan fingerprint density at radius 1 is 1.26 bits per heavy atom. The number of ketones is 1. The van der Waals surface area contributed by atoms with Crippen molar-refractivity contribution >= 4 is 16.6 Å². The summed E-state index contributed by atoms with van der Waals surface area (Å²) in [5, 5.41) is 0.995. The van der Waals surface area contributed by atoms with Crippen LogP contribution in [0.1, 0.15) is 17.3 Å². The Bertz CT molecular complexity index is 630. The molecule has 19 heavy (non-hydrogen) atoms. The monoisotopic (exact) mass is 268 g/mol. The van der Waals surface area contributed by atoms with E-state index in [1.807, 2.05) is 0 Å². The van der Waals surface area contributed by atoms with Crippen LogP contribution in [0.15, 0.2) is 36.7 Å². The van der Waals surface area contributed by atoms with Crippen LogP contribution in [0.4, 0.5) is 13.2 Å². The fourth-order valence-corrected chi connectivity index (χ4v) is 1.73. The molecule has 0 fully saturated rings. The summed E-state index contributed by atoms with van der Waals surface area (Å²) < 4.78 is 38.4. The number of fused-ring (bicyclic) bond motifs is 1. The summed E-state index contributed by atoms with van der Waals surface area (Å²) in [6.45, 7) is 0.676. The largest absolute Gasteiger partial charge is 0.413 e. The molecule has 1 aromatic heterocycles. The van der Waals surface area contributed by atoms with Crippen molar-refractivity contribution in [2.45, 2.75) is 18.6 Å². The lowest BCUT2D eigenvalue weighted by Gasteiger charge is -2.26. The molecule has 2 N–H and O–H groups in total. The first-order chi connectivity index (χ1) is 8.75. The van der Waals surface area contributed by atoms with Crippen LogP contribution >= 0.6 is 0 Å². The number of hydrogen-bond acceptors (Lipinski definition) is 3. The van der Waals surface area contributed by atoms with Gasteiger partial charge >= 0.3 is 6.18 Å². The smallest absolute Gasteiger partial charge is 0.311 e. The first kappa shape index (κ1) is 13.5. The second-order valence-electron chi connectivity index (χ2n) is 4.43. The molecule has 100 valence electrons. The number of nitrogens with zero attached hydrogens (tertiary/aromatic N) is 1. The minimum absolute atomic E-state index is 0.0535. The third-order valence-corrected chi connectivity index (χ3v) is 2.99. The highest BCUT2D eigenvalue weighted by atomic mass is 19.4. The lowest BCUT2D eigenvalue weighted by atomic mass is 9.89. The standard InChI is InChI=1S/C13H11F3N2O/c1-12(17,13(14,15)16)11(19)10-4-2-3-8-7-18-6-5-9(8)10/h2-7H,17H2,1H3. The summed E-state index contributed by atoms with van der Waals surface area (Å²) in [5.74, 6) is -1.16. The van der Waals surface area contributed by atoms with Gasteiger partial charge in [-0.15, -0.1) is 0 Å². The Morgan fingerprint density at radius 2 is 1.95 bits per heavy atom. The molecule has 3 nitrogen and oxygen atoms in total. The van der Waals surface area contributed by atoms with Crippen molar-refractivity contribution in [3.05, 3.63) is 42.2 Å². The lowest BCUT2D eigenvalue weighted by molar-refractivity contribution is -0.165. The van der Waals surface area contributed by atoms with Gasteiger partial charge in [0.25, 0.3) is 0 Å². The normalized spacial score (nSPS) is 15.2. The summed E-state index contributed by atoms with van der Waals surface area (Å²) in [5.41, 5.74) is 2.20. The van der Waals surface area contributed by atoms with Crippen LogP contribution in [0.5, 0.6) is 0 Å². The summed E-state index contributed by atoms with van der Waals surface area (Å²) >= 11 is 0. The average molecular weight is 268 g/mol. The summed E-state index contributed by atoms with van der Waals surface area (Å²) in [7, 11) is 0. The van der Waals surface area contributed by atoms with Crippen molar-refractivity contribution in [2.24, 2.45) is 5.73 Å². The zero-order chi connectivity index (χ0) is 14.3. The maximum Gasteiger partial charge on any atom is 0.413 e. The van der Waals surface area contributed by atoms with E-state index in [9.17, 15) is 18.0 Å². The van der Waals surface area contributed by atoms with Crippen molar-refractivity contribution in [3.8, 4) is 0 Å². The molecule has 2 aromatic rings. The van der Waals surface area contributed by atoms with Crippen LogP contribution < -0.4 is 5.73 Å². The number of carbonyl (C=O) groups is 1. The number of carbonyl (C=O) groups excluding carboxylic acids is 1. The molecule has 1 heterocycles. The highest BCUT2D eigenvalue weighted by molar-refractivity contribution is 6.12. The van der Waals surface area contributed by atoms with Gasteiger partial charge in [-0.2, -0.15) is 13.2 Å². The van der Waals surface area contributed by atoms with E-state index < -0.39 is 17.5 Å². The molecule has 1 unspecified atom stereocenters. The van der Waals surface area contributed by atoms with Crippen molar-refractivity contribution in [1.82, 2.24) is 4.98 Å². The Morgan fingerprint density at radius 3 is 2.58 bits per heavy atom. The molecule has 1 aromatic carbocycles. The van der Waals surface area contributed by atoms with Gasteiger partial charge in [-0.25, -0.2) is 0 Å². The van der Waals surface area contributed by atoms with Gasteiger partial charge in [0.1, 0.15) is 0 Å². The third kappa shape index (κ3) is 2.19. The van der Waals surface area contributed by atoms with Crippen LogP contribution in [0.2, 0.25) is 0 Å². The molecule has 0 saturated heterocycles. The number of Topliss-reactive ketones (excluding diaryl/α,β-unsaturated/α-hetero) is 1. The first-order valence-electron chi connectivity index (χ1n) is 5.48. The van der Waals surface area contributed by atoms with E-state index in [1.54, 1.807) is 6.07 Å². The van der Waals surface area contributed by atoms with E-state index >= 15 is 0 Å². The van der Waals surface area contributed by atoms with Gasteiger partial charge in [0.15, 0.2) is 11.3 Å². The Hall–Kier alpha value is -1.95. The zero-order valence-corrected chi connectivity index (χ0v) is 10.0. The third-order valence-electron chi connectivity index (χ3n) is 2.99. The number of rotatable bonds is 2. The van der Waals surface area contributed by atoms with E-state index in [2.05, 4.69) is 4.98 Å². The van der Waals surface area contributed by atoms with Gasteiger partial charge in [-0.05, 0) is 18.4 Å². The van der Waals surface area contributed by atoms with Crippen molar-refractivity contribution in [2.75, 3.05) is 0 Å². The molecule has 0 radical (unpaired) electrons. The minimum atomic E-state index is -4.81. The van der Waals surface area contributed by atoms with Gasteiger partial charge in [0.05, 0.1) is 0 Å². The fourth-order valence-electron chi connectivity index (χ4n) is 1.73. The van der Waals surface area contributed by atoms with Crippen LogP contribution in [0.25, 0.3) is 10.8 Å². The lowest BCUT2D eigenvalue weighted by Crippen LogP contribution is -2.57.